The van der Waals surface area contributed by atoms with Gasteiger partial charge in [-0.05, 0) is 22.9 Å². The number of hydrogen-bond donors (Lipinski definition) is 0. The summed E-state index contributed by atoms with van der Waals surface area (Å²) in [5.41, 5.74) is 1.66. The zero-order valence-corrected chi connectivity index (χ0v) is 31.6. The Morgan fingerprint density at radius 1 is 0.471 bits per heavy atom. The average molecular weight is 561 g/mol. The fourth-order valence-corrected chi connectivity index (χ4v) is 32.7. The second kappa shape index (κ2) is 8.38. The predicted octanol–water partition coefficient (Wildman–Crippen LogP) is 9.71. The number of rotatable bonds is 4. The van der Waals surface area contributed by atoms with Crippen molar-refractivity contribution in [3.8, 4) is 0 Å². The van der Waals surface area contributed by atoms with E-state index in [1.807, 2.05) is 20.8 Å². The van der Waals surface area contributed by atoms with Crippen LogP contribution in [0.4, 0.5) is 0 Å². The third-order valence-electron chi connectivity index (χ3n) is 9.98. The van der Waals surface area contributed by atoms with Crippen molar-refractivity contribution in [1.82, 2.24) is 0 Å². The van der Waals surface area contributed by atoms with Crippen LogP contribution in [0.5, 0.6) is 0 Å². The maximum absolute atomic E-state index is 2.79. The molecule has 0 unspecified atom stereocenters. The smallest absolute Gasteiger partial charge is 0.0737 e. The van der Waals surface area contributed by atoms with Crippen molar-refractivity contribution in [2.75, 3.05) is 0 Å². The summed E-state index contributed by atoms with van der Waals surface area (Å²) in [5, 5.41) is 7.79. The number of fused-ring (bicyclic) bond motifs is 5. The van der Waals surface area contributed by atoms with Crippen molar-refractivity contribution in [2.45, 2.75) is 116 Å². The molecule has 0 saturated carbocycles. The molecule has 4 bridgehead atoms. The molecule has 3 aliphatic rings. The zero-order chi connectivity index (χ0) is 26.4. The molecule has 6 heteroatoms. The molecule has 0 spiro atoms. The fraction of sp³-hybridized carbons (Fsp3) is 0.714. The van der Waals surface area contributed by atoms with Crippen LogP contribution in [0.1, 0.15) is 0 Å². The van der Waals surface area contributed by atoms with E-state index >= 15 is 0 Å². The summed E-state index contributed by atoms with van der Waals surface area (Å²) in [6, 6.07) is 0. The maximum atomic E-state index is 2.79. The summed E-state index contributed by atoms with van der Waals surface area (Å²) in [6.45, 7) is 43.3. The molecule has 0 radical (unpaired) electrons. The molecule has 2 aliphatic carbocycles. The maximum Gasteiger partial charge on any atom is 0.0737 e. The van der Waals surface area contributed by atoms with E-state index in [0.29, 0.717) is 0 Å². The second-order valence-corrected chi connectivity index (χ2v) is 53.0. The van der Waals surface area contributed by atoms with E-state index < -0.39 is 47.5 Å². The van der Waals surface area contributed by atoms with Crippen LogP contribution in [0, 0.1) is 11.8 Å². The molecule has 1 saturated heterocycles. The fourth-order valence-electron chi connectivity index (χ4n) is 7.76. The van der Waals surface area contributed by atoms with Gasteiger partial charge in [0.05, 0.1) is 47.5 Å². The van der Waals surface area contributed by atoms with Crippen LogP contribution in [0.15, 0.2) is 45.1 Å². The van der Waals surface area contributed by atoms with E-state index in [1.54, 1.807) is 0 Å². The minimum atomic E-state index is -1.61. The highest BCUT2D eigenvalue weighted by Crippen LogP contribution is 2.64. The molecule has 4 atom stereocenters. The van der Waals surface area contributed by atoms with Crippen LogP contribution in [0.3, 0.4) is 0 Å². The predicted molar refractivity (Wildman–Crippen MR) is 175 cm³/mol. The van der Waals surface area contributed by atoms with E-state index in [4.69, 9.17) is 0 Å². The Morgan fingerprint density at radius 3 is 0.941 bits per heavy atom. The second-order valence-electron chi connectivity index (χ2n) is 17.0. The molecule has 0 amide bonds. The van der Waals surface area contributed by atoms with E-state index in [1.165, 1.54) is 0 Å². The zero-order valence-electron chi connectivity index (χ0n) is 25.6. The molecule has 1 aliphatic heterocycles. The molecule has 1 fully saturated rings. The normalized spacial score (nSPS) is 31.5. The Labute approximate surface area is 219 Å². The Bertz CT molecular complexity index is 884. The lowest BCUT2D eigenvalue weighted by molar-refractivity contribution is 0.432. The summed E-state index contributed by atoms with van der Waals surface area (Å²) >= 11 is 0. The lowest BCUT2D eigenvalue weighted by atomic mass is 9.80. The van der Waals surface area contributed by atoms with E-state index in [-0.39, 0.29) is 0 Å². The summed E-state index contributed by atoms with van der Waals surface area (Å²) < 4.78 is 0. The lowest BCUT2D eigenvalue weighted by Gasteiger charge is -2.62. The van der Waals surface area contributed by atoms with Gasteiger partial charge >= 0.3 is 0 Å². The largest absolute Gasteiger partial charge is 0.0821 e. The van der Waals surface area contributed by atoms with Crippen molar-refractivity contribution in [3.63, 3.8) is 0 Å². The molecular formula is C28H56Si6. The average Bonchev–Trinajstić information content (AvgIpc) is 2.61. The summed E-state index contributed by atoms with van der Waals surface area (Å²) in [5.74, 6) is 1.52. The minimum absolute atomic E-state index is 0.758. The van der Waals surface area contributed by atoms with Crippen molar-refractivity contribution < 1.29 is 0 Å². The van der Waals surface area contributed by atoms with Gasteiger partial charge in [0, 0.05) is 0 Å². The van der Waals surface area contributed by atoms with Gasteiger partial charge in [0.15, 0.2) is 0 Å². The first kappa shape index (κ1) is 28.8. The highest BCUT2D eigenvalue weighted by atomic mass is 29.3. The van der Waals surface area contributed by atoms with Gasteiger partial charge in [0.2, 0.25) is 0 Å². The monoisotopic (exact) mass is 560 g/mol. The number of allylic oxidation sites excluding steroid dienone is 8. The Hall–Kier alpha value is 0.261. The summed E-state index contributed by atoms with van der Waals surface area (Å²) in [4.78, 5) is 0. The highest BCUT2D eigenvalue weighted by molar-refractivity contribution is 7.46. The quantitative estimate of drug-likeness (QED) is 0.300. The Kier molecular flexibility index (Phi) is 7.11. The van der Waals surface area contributed by atoms with Gasteiger partial charge in [0.25, 0.3) is 0 Å². The minimum Gasteiger partial charge on any atom is -0.0821 e. The third kappa shape index (κ3) is 4.55. The van der Waals surface area contributed by atoms with Gasteiger partial charge in [-0.1, -0.05) is 150 Å². The van der Waals surface area contributed by atoms with Gasteiger partial charge in [-0.25, -0.2) is 0 Å². The molecule has 34 heavy (non-hydrogen) atoms. The summed E-state index contributed by atoms with van der Waals surface area (Å²) in [7, 11) is -9.06. The van der Waals surface area contributed by atoms with Crippen LogP contribution in [-0.4, -0.2) is 47.5 Å². The first-order valence-electron chi connectivity index (χ1n) is 13.8. The molecule has 0 nitrogen and oxygen atoms in total. The van der Waals surface area contributed by atoms with Crippen LogP contribution in [-0.2, 0) is 0 Å². The molecule has 0 N–H and O–H groups in total. The van der Waals surface area contributed by atoms with Gasteiger partial charge in [-0.2, -0.15) is 0 Å². The Balaban J connectivity index is 2.58. The van der Waals surface area contributed by atoms with E-state index in [0.717, 1.165) is 22.9 Å². The first-order chi connectivity index (χ1) is 14.9. The van der Waals surface area contributed by atoms with Crippen molar-refractivity contribution in [3.05, 3.63) is 45.1 Å². The lowest BCUT2D eigenvalue weighted by Crippen LogP contribution is -2.66. The van der Waals surface area contributed by atoms with Crippen LogP contribution < -0.4 is 0 Å². The summed E-state index contributed by atoms with van der Waals surface area (Å²) in [6.07, 6.45) is 11.0. The molecule has 0 aromatic heterocycles. The highest BCUT2D eigenvalue weighted by Gasteiger charge is 2.62. The van der Waals surface area contributed by atoms with E-state index in [9.17, 15) is 0 Å². The molecule has 1 heterocycles. The van der Waals surface area contributed by atoms with Crippen LogP contribution >= 0.6 is 0 Å². The SMILES string of the molecule is C[Si](C)(C)C1=CC=C2[C@H]([Si](C)(C)C)[C@H]1[C@@H]1C([Si](C)(C)C)=CC=C([C@@H]1[Si](C)(C)C)[Si](C)(C)[Si]2(C)C. The standard InChI is InChI=1S/C28H56Si6/c1-29(2,3)21-17-19-23-27(31(7,8)9)25(21)26-22(30(4,5)6)18-20-24(28(26)32(10,11)12)34(15,16)33(23,13)14/h17-20,25-28H,1-16H3/t25-,26+,27-,28-/m0/s1. The molecule has 192 valence electrons. The van der Waals surface area contributed by atoms with Crippen molar-refractivity contribution in [2.24, 2.45) is 11.8 Å². The topological polar surface area (TPSA) is 0 Å². The van der Waals surface area contributed by atoms with Crippen molar-refractivity contribution in [1.29, 1.82) is 0 Å². The van der Waals surface area contributed by atoms with Crippen LogP contribution in [0.25, 0.3) is 0 Å². The number of hydrogen-bond acceptors (Lipinski definition) is 0. The molecular weight excluding hydrogens is 505 g/mol. The van der Waals surface area contributed by atoms with Gasteiger partial charge < -0.3 is 0 Å². The van der Waals surface area contributed by atoms with Gasteiger partial charge in [0.1, 0.15) is 0 Å². The van der Waals surface area contributed by atoms with E-state index in [2.05, 4.69) is 129 Å². The Morgan fingerprint density at radius 2 is 0.735 bits per heavy atom. The van der Waals surface area contributed by atoms with Crippen molar-refractivity contribution >= 4 is 47.5 Å². The van der Waals surface area contributed by atoms with Gasteiger partial charge in [-0.15, -0.1) is 0 Å². The molecule has 3 rings (SSSR count). The van der Waals surface area contributed by atoms with Gasteiger partial charge in [-0.3, -0.25) is 0 Å². The third-order valence-corrected chi connectivity index (χ3v) is 38.2. The first-order valence-corrected chi connectivity index (χ1v) is 35.0. The van der Waals surface area contributed by atoms with Crippen LogP contribution in [0.2, 0.25) is 116 Å². The molecule has 0 aromatic rings. The molecule has 0 aromatic carbocycles.